The van der Waals surface area contributed by atoms with Crippen LogP contribution in [-0.4, -0.2) is 28.8 Å². The third-order valence-corrected chi connectivity index (χ3v) is 13.9. The normalized spacial score (nSPS) is 28.7. The minimum Gasteiger partial charge on any atom is -0.508 e. The van der Waals surface area contributed by atoms with Gasteiger partial charge in [0.15, 0.2) is 0 Å². The average molecular weight is 723 g/mol. The molecule has 6 nitrogen and oxygen atoms in total. The summed E-state index contributed by atoms with van der Waals surface area (Å²) >= 11 is 0. The molecule has 0 aromatic heterocycles. The number of cyclic esters (lactones) is 2. The first kappa shape index (κ1) is 35.0. The van der Waals surface area contributed by atoms with Crippen molar-refractivity contribution >= 4 is 17.5 Å². The molecule has 2 N–H and O–H groups in total. The van der Waals surface area contributed by atoms with E-state index in [9.17, 15) is 19.8 Å². The van der Waals surface area contributed by atoms with Gasteiger partial charge in [-0.3, -0.25) is 0 Å². The number of rotatable bonds is 10. The molecule has 6 atom stereocenters. The lowest BCUT2D eigenvalue weighted by Gasteiger charge is -2.56. The Morgan fingerprint density at radius 3 is 2.37 bits per heavy atom. The molecule has 7 aliphatic rings. The lowest BCUT2D eigenvalue weighted by atomic mass is 9.44. The molecule has 3 aromatic carbocycles. The Labute approximate surface area is 318 Å². The minimum atomic E-state index is -0.831. The van der Waals surface area contributed by atoms with Gasteiger partial charge in [0.1, 0.15) is 17.3 Å². The van der Waals surface area contributed by atoms with E-state index < -0.39 is 5.41 Å². The zero-order valence-corrected chi connectivity index (χ0v) is 31.1. The predicted molar refractivity (Wildman–Crippen MR) is 208 cm³/mol. The maximum atomic E-state index is 14.6. The highest BCUT2D eigenvalue weighted by molar-refractivity contribution is 6.07. The second-order valence-electron chi connectivity index (χ2n) is 16.5. The number of carbonyl (C=O) groups is 2. The van der Waals surface area contributed by atoms with Gasteiger partial charge in [0.2, 0.25) is 0 Å². The highest BCUT2D eigenvalue weighted by atomic mass is 16.5. The zero-order chi connectivity index (χ0) is 37.0. The van der Waals surface area contributed by atoms with Crippen LogP contribution in [0.25, 0.3) is 16.7 Å². The summed E-state index contributed by atoms with van der Waals surface area (Å²) in [5.74, 6) is 1.47. The molecule has 1 saturated heterocycles. The molecule has 0 radical (unpaired) electrons. The molecular weight excluding hydrogens is 673 g/mol. The number of hydrogen-bond acceptors (Lipinski definition) is 6. The lowest BCUT2D eigenvalue weighted by Crippen LogP contribution is -2.52. The van der Waals surface area contributed by atoms with Crippen LogP contribution in [0.1, 0.15) is 82.3 Å². The standard InChI is InChI=1S/C48H50O6/c1-2-29(25-30-11-5-3-6-12-30)26-41-48-24-23-36(42(45(48)47(52)54-41)39-27-34(50)18-19-35(39)32-15-7-4-8-16-32)37-20-21-38-40(53-46(51)43(38)44(37)48)22-17-33(28-49)31-13-9-10-14-31/h3-8,11-12,15-16,18-19,22,26-27,29,31,33,36-37,44,49-50H,2,9-10,13-14,17,20-21,23-25,28H2,1H3/b40-22?,41-26-/t29-,33-,36+,37-,44+,48+/m0/s1. The molecule has 2 saturated carbocycles. The van der Waals surface area contributed by atoms with Crippen molar-refractivity contribution in [2.24, 2.45) is 40.9 Å². The van der Waals surface area contributed by atoms with Crippen molar-refractivity contribution in [1.29, 1.82) is 0 Å². The molecule has 3 fully saturated rings. The summed E-state index contributed by atoms with van der Waals surface area (Å²) in [4.78, 5) is 28.9. The highest BCUT2D eigenvalue weighted by Gasteiger charge is 2.68. The van der Waals surface area contributed by atoms with Crippen LogP contribution in [0.5, 0.6) is 5.75 Å². The Bertz CT molecular complexity index is 2080. The molecule has 6 heteroatoms. The van der Waals surface area contributed by atoms with Crippen LogP contribution in [0.15, 0.2) is 119 Å². The van der Waals surface area contributed by atoms with Crippen LogP contribution in [0.2, 0.25) is 0 Å². The lowest BCUT2D eigenvalue weighted by molar-refractivity contribution is -0.135. The Hall–Kier alpha value is -4.68. The largest absolute Gasteiger partial charge is 0.508 e. The van der Waals surface area contributed by atoms with Gasteiger partial charge in [-0.1, -0.05) is 99.3 Å². The third-order valence-electron chi connectivity index (χ3n) is 13.9. The summed E-state index contributed by atoms with van der Waals surface area (Å²) < 4.78 is 12.7. The van der Waals surface area contributed by atoms with E-state index in [0.717, 1.165) is 78.4 Å². The van der Waals surface area contributed by atoms with E-state index in [-0.39, 0.29) is 53.9 Å². The molecule has 5 aliphatic carbocycles. The molecule has 0 unspecified atom stereocenters. The average Bonchev–Trinajstić information content (AvgIpc) is 3.93. The van der Waals surface area contributed by atoms with Crippen molar-refractivity contribution in [2.75, 3.05) is 6.61 Å². The van der Waals surface area contributed by atoms with Crippen LogP contribution < -0.4 is 0 Å². The van der Waals surface area contributed by atoms with E-state index in [1.165, 1.54) is 18.4 Å². The predicted octanol–water partition coefficient (Wildman–Crippen LogP) is 9.88. The second kappa shape index (κ2) is 14.2. The van der Waals surface area contributed by atoms with E-state index >= 15 is 0 Å². The Morgan fingerprint density at radius 1 is 0.870 bits per heavy atom. The van der Waals surface area contributed by atoms with Crippen LogP contribution in [0.4, 0.5) is 0 Å². The first-order valence-electron chi connectivity index (χ1n) is 20.3. The van der Waals surface area contributed by atoms with Crippen LogP contribution in [0.3, 0.4) is 0 Å². The van der Waals surface area contributed by atoms with Crippen molar-refractivity contribution < 1.29 is 29.3 Å². The molecule has 10 rings (SSSR count). The van der Waals surface area contributed by atoms with E-state index in [4.69, 9.17) is 9.47 Å². The summed E-state index contributed by atoms with van der Waals surface area (Å²) in [7, 11) is 0. The number of fused-ring (bicyclic) bond motifs is 1. The maximum Gasteiger partial charge on any atom is 0.340 e. The number of ether oxygens (including phenoxy) is 2. The van der Waals surface area contributed by atoms with Gasteiger partial charge in [0, 0.05) is 23.7 Å². The Morgan fingerprint density at radius 2 is 1.63 bits per heavy atom. The van der Waals surface area contributed by atoms with Gasteiger partial charge in [-0.25, -0.2) is 9.59 Å². The first-order chi connectivity index (χ1) is 26.4. The molecule has 54 heavy (non-hydrogen) atoms. The number of benzene rings is 3. The van der Waals surface area contributed by atoms with Crippen molar-refractivity contribution in [1.82, 2.24) is 0 Å². The summed E-state index contributed by atoms with van der Waals surface area (Å²) in [6.07, 6.45) is 14.5. The first-order valence-corrected chi connectivity index (χ1v) is 20.3. The molecule has 278 valence electrons. The smallest absolute Gasteiger partial charge is 0.340 e. The number of carbonyl (C=O) groups excluding carboxylic acids is 2. The Kier molecular flexibility index (Phi) is 9.21. The van der Waals surface area contributed by atoms with E-state index in [0.29, 0.717) is 35.9 Å². The molecule has 3 aromatic rings. The van der Waals surface area contributed by atoms with E-state index in [1.807, 2.05) is 36.4 Å². The molecule has 0 amide bonds. The summed E-state index contributed by atoms with van der Waals surface area (Å²) in [6.45, 7) is 2.31. The Balaban J connectivity index is 1.22. The van der Waals surface area contributed by atoms with Crippen LogP contribution >= 0.6 is 0 Å². The van der Waals surface area contributed by atoms with Crippen molar-refractivity contribution in [3.63, 3.8) is 0 Å². The topological polar surface area (TPSA) is 93.1 Å². The van der Waals surface area contributed by atoms with Crippen molar-refractivity contribution in [3.8, 4) is 16.9 Å². The quantitative estimate of drug-likeness (QED) is 0.203. The minimum absolute atomic E-state index is 0.00495. The SMILES string of the molecule is CC[C@H](/C=C1\OC(=O)C2=C(c3cc(O)ccc3-c3ccccc3)[C@@H]3CC[C@@]21[C@H]1C2=C(CC[C@@H]31)C(=CC[C@@H](CO)C1CCCC1)OC2=O)Cc1ccccc1. The molecule has 2 heterocycles. The maximum absolute atomic E-state index is 14.6. The number of phenolic OH excluding ortho intramolecular Hbond substituents is 1. The summed E-state index contributed by atoms with van der Waals surface area (Å²) in [6, 6.07) is 26.1. The fourth-order valence-corrected chi connectivity index (χ4v) is 11.4. The molecule has 2 bridgehead atoms. The summed E-state index contributed by atoms with van der Waals surface area (Å²) in [5, 5.41) is 21.3. The van der Waals surface area contributed by atoms with Crippen molar-refractivity contribution in [3.05, 3.63) is 130 Å². The zero-order valence-electron chi connectivity index (χ0n) is 31.1. The molecule has 1 spiro atoms. The number of allylic oxidation sites excluding steroid dienone is 5. The monoisotopic (exact) mass is 722 g/mol. The van der Waals surface area contributed by atoms with Gasteiger partial charge in [-0.2, -0.15) is 0 Å². The van der Waals surface area contributed by atoms with Gasteiger partial charge >= 0.3 is 11.9 Å². The highest BCUT2D eigenvalue weighted by Crippen LogP contribution is 2.72. The number of aromatic hydroxyl groups is 1. The number of phenols is 1. The fourth-order valence-electron chi connectivity index (χ4n) is 11.4. The van der Waals surface area contributed by atoms with Gasteiger partial charge < -0.3 is 19.7 Å². The van der Waals surface area contributed by atoms with E-state index in [1.54, 1.807) is 6.07 Å². The van der Waals surface area contributed by atoms with E-state index in [2.05, 4.69) is 55.5 Å². The third kappa shape index (κ3) is 5.71. The number of esters is 2. The van der Waals surface area contributed by atoms with Crippen LogP contribution in [0, 0.1) is 40.9 Å². The molecular formula is C48H50O6. The fraction of sp³-hybridized carbons (Fsp3) is 0.417. The van der Waals surface area contributed by atoms with Gasteiger partial charge in [0.05, 0.1) is 11.0 Å². The van der Waals surface area contributed by atoms with Crippen LogP contribution in [-0.2, 0) is 25.5 Å². The van der Waals surface area contributed by atoms with Crippen molar-refractivity contribution in [2.45, 2.75) is 77.6 Å². The number of hydrogen-bond donors (Lipinski definition) is 2. The molecule has 2 aliphatic heterocycles. The number of aliphatic hydroxyl groups is 1. The van der Waals surface area contributed by atoms with Gasteiger partial charge in [0.25, 0.3) is 0 Å². The second-order valence-corrected chi connectivity index (χ2v) is 16.5. The number of aliphatic hydroxyl groups excluding tert-OH is 1. The van der Waals surface area contributed by atoms with Gasteiger partial charge in [-0.15, -0.1) is 0 Å². The van der Waals surface area contributed by atoms with Gasteiger partial charge in [-0.05, 0) is 127 Å². The summed E-state index contributed by atoms with van der Waals surface area (Å²) in [5.41, 5.74) is 6.58.